The first kappa shape index (κ1) is 26.8. The largest absolute Gasteiger partial charge is 0.309 e. The van der Waals surface area contributed by atoms with Crippen LogP contribution in [0.4, 0.5) is 0 Å². The zero-order valence-corrected chi connectivity index (χ0v) is 26.2. The Morgan fingerprint density at radius 2 is 0.812 bits per heavy atom. The highest BCUT2D eigenvalue weighted by molar-refractivity contribution is 6.29. The topological polar surface area (TPSA) is 9.86 Å². The summed E-state index contributed by atoms with van der Waals surface area (Å²) in [6, 6.07) is 66.2. The van der Waals surface area contributed by atoms with Gasteiger partial charge in [0.05, 0.1) is 22.1 Å². The minimum atomic E-state index is 1.15. The molecule has 2 aromatic heterocycles. The summed E-state index contributed by atoms with van der Waals surface area (Å²) in [6.45, 7) is 0. The molecular weight excluding hydrogens is 581 g/mol. The van der Waals surface area contributed by atoms with Gasteiger partial charge in [-0.15, -0.1) is 0 Å². The third-order valence-electron chi connectivity index (χ3n) is 9.87. The van der Waals surface area contributed by atoms with Crippen molar-refractivity contribution in [1.29, 1.82) is 0 Å². The van der Waals surface area contributed by atoms with Crippen LogP contribution in [0.3, 0.4) is 0 Å². The van der Waals surface area contributed by atoms with Gasteiger partial charge in [0, 0.05) is 32.9 Å². The lowest BCUT2D eigenvalue weighted by Crippen LogP contribution is -1.95. The molecule has 0 unspecified atom stereocenters. The van der Waals surface area contributed by atoms with E-state index in [1.54, 1.807) is 0 Å². The maximum Gasteiger partial charge on any atom is 0.0548 e. The molecule has 0 aliphatic rings. The van der Waals surface area contributed by atoms with Crippen LogP contribution in [0.2, 0.25) is 0 Å². The molecule has 0 spiro atoms. The molecule has 10 aromatic rings. The number of hydrogen-bond donors (Lipinski definition) is 0. The van der Waals surface area contributed by atoms with E-state index >= 15 is 0 Å². The standard InChI is InChI=1S/C46H30N2/c1-3-12-31(13-4-1)36-24-25-42-40(30-36)46-44(27-26-43-45(46)39-20-9-10-21-41(39)47(43)37-17-5-2-6-18-37)48(42)38-19-11-16-34(29-38)35-23-22-32-14-7-8-15-33(32)28-35/h1-30H. The maximum absolute atomic E-state index is 2.46. The average molecular weight is 611 g/mol. The van der Waals surface area contributed by atoms with Crippen LogP contribution in [0.1, 0.15) is 0 Å². The fourth-order valence-electron chi connectivity index (χ4n) is 7.71. The van der Waals surface area contributed by atoms with Crippen LogP contribution in [0.25, 0.3) is 88.0 Å². The molecule has 2 nitrogen and oxygen atoms in total. The molecule has 10 rings (SSSR count). The highest BCUT2D eigenvalue weighted by atomic mass is 15.0. The fourth-order valence-corrected chi connectivity index (χ4v) is 7.71. The highest BCUT2D eigenvalue weighted by Gasteiger charge is 2.21. The van der Waals surface area contributed by atoms with Crippen LogP contribution in [-0.2, 0) is 0 Å². The summed E-state index contributed by atoms with van der Waals surface area (Å²) in [5.41, 5.74) is 12.0. The first-order valence-corrected chi connectivity index (χ1v) is 16.5. The summed E-state index contributed by atoms with van der Waals surface area (Å²) in [4.78, 5) is 0. The van der Waals surface area contributed by atoms with Crippen LogP contribution in [0, 0.1) is 0 Å². The van der Waals surface area contributed by atoms with Crippen molar-refractivity contribution in [3.8, 4) is 33.6 Å². The van der Waals surface area contributed by atoms with E-state index in [-0.39, 0.29) is 0 Å². The molecule has 0 amide bonds. The van der Waals surface area contributed by atoms with E-state index < -0.39 is 0 Å². The molecule has 0 aliphatic carbocycles. The van der Waals surface area contributed by atoms with E-state index in [1.165, 1.54) is 82.3 Å². The van der Waals surface area contributed by atoms with Gasteiger partial charge in [-0.05, 0) is 93.7 Å². The fraction of sp³-hybridized carbons (Fsp3) is 0. The van der Waals surface area contributed by atoms with Crippen molar-refractivity contribution in [3.63, 3.8) is 0 Å². The van der Waals surface area contributed by atoms with E-state index in [4.69, 9.17) is 0 Å². The first-order chi connectivity index (χ1) is 23.8. The number of aromatic nitrogens is 2. The molecule has 0 N–H and O–H groups in total. The van der Waals surface area contributed by atoms with Gasteiger partial charge >= 0.3 is 0 Å². The zero-order chi connectivity index (χ0) is 31.6. The summed E-state index contributed by atoms with van der Waals surface area (Å²) in [5.74, 6) is 0. The van der Waals surface area contributed by atoms with Gasteiger partial charge in [0.25, 0.3) is 0 Å². The summed E-state index contributed by atoms with van der Waals surface area (Å²) in [5, 5.41) is 7.59. The number of hydrogen-bond acceptors (Lipinski definition) is 0. The van der Waals surface area contributed by atoms with Crippen LogP contribution in [0.15, 0.2) is 182 Å². The van der Waals surface area contributed by atoms with E-state index in [0.29, 0.717) is 0 Å². The van der Waals surface area contributed by atoms with E-state index in [1.807, 2.05) is 0 Å². The Hall–Kier alpha value is -6.38. The molecule has 48 heavy (non-hydrogen) atoms. The summed E-state index contributed by atoms with van der Waals surface area (Å²) in [7, 11) is 0. The quantitative estimate of drug-likeness (QED) is 0.188. The summed E-state index contributed by atoms with van der Waals surface area (Å²) in [6.07, 6.45) is 0. The van der Waals surface area contributed by atoms with Crippen LogP contribution >= 0.6 is 0 Å². The second-order valence-corrected chi connectivity index (χ2v) is 12.6. The van der Waals surface area contributed by atoms with Gasteiger partial charge in [0.2, 0.25) is 0 Å². The number of para-hydroxylation sites is 2. The second-order valence-electron chi connectivity index (χ2n) is 12.6. The molecule has 0 atom stereocenters. The average Bonchev–Trinajstić information content (AvgIpc) is 3.68. The molecular formula is C46H30N2. The van der Waals surface area contributed by atoms with Crippen LogP contribution in [0.5, 0.6) is 0 Å². The molecule has 8 aromatic carbocycles. The zero-order valence-electron chi connectivity index (χ0n) is 26.2. The number of fused-ring (bicyclic) bond motifs is 8. The molecule has 0 saturated heterocycles. The van der Waals surface area contributed by atoms with Crippen molar-refractivity contribution in [2.75, 3.05) is 0 Å². The Balaban J connectivity index is 1.30. The predicted molar refractivity (Wildman–Crippen MR) is 203 cm³/mol. The lowest BCUT2D eigenvalue weighted by atomic mass is 10.0. The van der Waals surface area contributed by atoms with Crippen LogP contribution < -0.4 is 0 Å². The van der Waals surface area contributed by atoms with Gasteiger partial charge in [-0.25, -0.2) is 0 Å². The van der Waals surface area contributed by atoms with E-state index in [9.17, 15) is 0 Å². The molecule has 0 fully saturated rings. The lowest BCUT2D eigenvalue weighted by Gasteiger charge is -2.12. The third kappa shape index (κ3) is 4.06. The monoisotopic (exact) mass is 610 g/mol. The molecule has 0 aliphatic heterocycles. The van der Waals surface area contributed by atoms with Crippen molar-refractivity contribution >= 4 is 54.4 Å². The van der Waals surface area contributed by atoms with Crippen molar-refractivity contribution in [2.24, 2.45) is 0 Å². The minimum absolute atomic E-state index is 1.15. The Labute approximate surface area is 278 Å². The molecule has 0 saturated carbocycles. The minimum Gasteiger partial charge on any atom is -0.309 e. The lowest BCUT2D eigenvalue weighted by molar-refractivity contribution is 1.17. The maximum atomic E-state index is 2.46. The Morgan fingerprint density at radius 3 is 1.65 bits per heavy atom. The van der Waals surface area contributed by atoms with Crippen molar-refractivity contribution in [2.45, 2.75) is 0 Å². The normalized spacial score (nSPS) is 11.8. The molecule has 224 valence electrons. The summed E-state index contributed by atoms with van der Waals surface area (Å²) >= 11 is 0. The molecule has 0 bridgehead atoms. The van der Waals surface area contributed by atoms with Gasteiger partial charge in [-0.3, -0.25) is 0 Å². The Kier molecular flexibility index (Phi) is 5.91. The van der Waals surface area contributed by atoms with Gasteiger partial charge in [0.15, 0.2) is 0 Å². The SMILES string of the molecule is c1ccc(-c2ccc3c(c2)c2c4c5ccccc5n(-c5ccccc5)c4ccc2n3-c2cccc(-c3ccc4ccccc4c3)c2)cc1. The van der Waals surface area contributed by atoms with Gasteiger partial charge in [0.1, 0.15) is 0 Å². The molecule has 0 radical (unpaired) electrons. The number of rotatable bonds is 4. The Morgan fingerprint density at radius 1 is 0.271 bits per heavy atom. The van der Waals surface area contributed by atoms with E-state index in [2.05, 4.69) is 191 Å². The predicted octanol–water partition coefficient (Wildman–Crippen LogP) is 12.4. The van der Waals surface area contributed by atoms with Crippen molar-refractivity contribution < 1.29 is 0 Å². The smallest absolute Gasteiger partial charge is 0.0548 e. The number of nitrogens with zero attached hydrogens (tertiary/aromatic N) is 2. The van der Waals surface area contributed by atoms with Gasteiger partial charge in [-0.1, -0.05) is 121 Å². The highest BCUT2D eigenvalue weighted by Crippen LogP contribution is 2.43. The molecule has 2 heterocycles. The van der Waals surface area contributed by atoms with Crippen molar-refractivity contribution in [3.05, 3.63) is 182 Å². The summed E-state index contributed by atoms with van der Waals surface area (Å²) < 4.78 is 4.87. The van der Waals surface area contributed by atoms with Crippen molar-refractivity contribution in [1.82, 2.24) is 9.13 Å². The van der Waals surface area contributed by atoms with Gasteiger partial charge in [-0.2, -0.15) is 0 Å². The second kappa shape index (κ2) is 10.6. The Bertz CT molecular complexity index is 2820. The first-order valence-electron chi connectivity index (χ1n) is 16.5. The molecule has 2 heteroatoms. The third-order valence-corrected chi connectivity index (χ3v) is 9.87. The van der Waals surface area contributed by atoms with Gasteiger partial charge < -0.3 is 9.13 Å². The number of benzene rings is 8. The van der Waals surface area contributed by atoms with E-state index in [0.717, 1.165) is 5.69 Å². The van der Waals surface area contributed by atoms with Crippen LogP contribution in [-0.4, -0.2) is 9.13 Å².